The highest BCUT2D eigenvalue weighted by Gasteiger charge is 2.32. The van der Waals surface area contributed by atoms with Crippen LogP contribution in [0.5, 0.6) is 0 Å². The molecule has 1 aliphatic rings. The maximum Gasteiger partial charge on any atom is 0.416 e. The molecule has 0 spiro atoms. The number of nitrogens with zero attached hydrogens (tertiary/aromatic N) is 1. The molecule has 2 atom stereocenters. The third-order valence-corrected chi connectivity index (χ3v) is 4.07. The second kappa shape index (κ2) is 5.64. The molecule has 0 aliphatic carbocycles. The third-order valence-electron chi connectivity index (χ3n) is 4.07. The molecule has 2 unspecified atom stereocenters. The number of alkyl halides is 3. The molecule has 5 heteroatoms. The highest BCUT2D eigenvalue weighted by molar-refractivity contribution is 5.56. The Morgan fingerprint density at radius 3 is 2.55 bits per heavy atom. The second-order valence-corrected chi connectivity index (χ2v) is 5.72. The predicted molar refractivity (Wildman–Crippen MR) is 74.5 cm³/mol. The summed E-state index contributed by atoms with van der Waals surface area (Å²) in [4.78, 5) is 2.18. The van der Waals surface area contributed by atoms with Gasteiger partial charge in [-0.3, -0.25) is 0 Å². The second-order valence-electron chi connectivity index (χ2n) is 5.72. The highest BCUT2D eigenvalue weighted by atomic mass is 19.4. The lowest BCUT2D eigenvalue weighted by Gasteiger charge is -2.39. The zero-order valence-electron chi connectivity index (χ0n) is 11.9. The summed E-state index contributed by atoms with van der Waals surface area (Å²) in [6.45, 7) is 5.33. The fourth-order valence-electron chi connectivity index (χ4n) is 2.97. The quantitative estimate of drug-likeness (QED) is 0.896. The van der Waals surface area contributed by atoms with Crippen LogP contribution in [0.1, 0.15) is 37.8 Å². The first kappa shape index (κ1) is 15.2. The maximum absolute atomic E-state index is 12.8. The normalized spacial score (nSPS) is 24.0. The van der Waals surface area contributed by atoms with Crippen molar-refractivity contribution in [2.45, 2.75) is 45.5 Å². The van der Waals surface area contributed by atoms with Crippen LogP contribution in [-0.4, -0.2) is 12.6 Å². The van der Waals surface area contributed by atoms with E-state index < -0.39 is 11.7 Å². The van der Waals surface area contributed by atoms with Crippen LogP contribution in [0.15, 0.2) is 18.2 Å². The van der Waals surface area contributed by atoms with Gasteiger partial charge in [-0.05, 0) is 49.4 Å². The monoisotopic (exact) mass is 286 g/mol. The number of anilines is 1. The summed E-state index contributed by atoms with van der Waals surface area (Å²) in [5.41, 5.74) is 6.44. The molecular weight excluding hydrogens is 265 g/mol. The Balaban J connectivity index is 2.32. The van der Waals surface area contributed by atoms with E-state index >= 15 is 0 Å². The Kier molecular flexibility index (Phi) is 4.28. The fourth-order valence-corrected chi connectivity index (χ4v) is 2.97. The average Bonchev–Trinajstić information content (AvgIpc) is 2.37. The molecule has 1 aromatic rings. The van der Waals surface area contributed by atoms with Crippen molar-refractivity contribution >= 4 is 5.69 Å². The van der Waals surface area contributed by atoms with E-state index in [0.717, 1.165) is 31.1 Å². The molecule has 0 bridgehead atoms. The van der Waals surface area contributed by atoms with Crippen molar-refractivity contribution < 1.29 is 13.2 Å². The van der Waals surface area contributed by atoms with Gasteiger partial charge in [0.15, 0.2) is 0 Å². The van der Waals surface area contributed by atoms with E-state index in [2.05, 4.69) is 18.7 Å². The van der Waals surface area contributed by atoms with Crippen molar-refractivity contribution in [2.75, 3.05) is 11.4 Å². The lowest BCUT2D eigenvalue weighted by atomic mass is 9.92. The highest BCUT2D eigenvalue weighted by Crippen LogP contribution is 2.35. The van der Waals surface area contributed by atoms with Gasteiger partial charge in [-0.1, -0.05) is 6.92 Å². The Morgan fingerprint density at radius 1 is 1.30 bits per heavy atom. The van der Waals surface area contributed by atoms with Crippen molar-refractivity contribution in [3.05, 3.63) is 29.3 Å². The molecular formula is C15H21F3N2. The van der Waals surface area contributed by atoms with Crippen LogP contribution in [0.25, 0.3) is 0 Å². The molecule has 0 radical (unpaired) electrons. The minimum absolute atomic E-state index is 0.123. The largest absolute Gasteiger partial charge is 0.416 e. The van der Waals surface area contributed by atoms with Crippen molar-refractivity contribution in [3.8, 4) is 0 Å². The lowest BCUT2D eigenvalue weighted by molar-refractivity contribution is -0.137. The Hall–Kier alpha value is -1.23. The SMILES string of the molecule is CC1CCN(c2ccc(C(F)(F)F)cc2CN)C(C)C1. The van der Waals surface area contributed by atoms with E-state index in [9.17, 15) is 13.2 Å². The summed E-state index contributed by atoms with van der Waals surface area (Å²) in [5, 5.41) is 0. The molecule has 2 rings (SSSR count). The summed E-state index contributed by atoms with van der Waals surface area (Å²) in [6, 6.07) is 4.23. The molecule has 0 amide bonds. The van der Waals surface area contributed by atoms with E-state index in [1.165, 1.54) is 6.07 Å². The van der Waals surface area contributed by atoms with Crippen LogP contribution < -0.4 is 10.6 Å². The van der Waals surface area contributed by atoms with Crippen LogP contribution in [0.3, 0.4) is 0 Å². The van der Waals surface area contributed by atoms with Crippen molar-refractivity contribution in [2.24, 2.45) is 11.7 Å². The van der Waals surface area contributed by atoms with Gasteiger partial charge in [0.2, 0.25) is 0 Å². The molecule has 20 heavy (non-hydrogen) atoms. The van der Waals surface area contributed by atoms with Crippen molar-refractivity contribution in [1.29, 1.82) is 0 Å². The molecule has 1 heterocycles. The Labute approximate surface area is 117 Å². The molecule has 1 saturated heterocycles. The molecule has 2 nitrogen and oxygen atoms in total. The first-order valence-electron chi connectivity index (χ1n) is 6.99. The van der Waals surface area contributed by atoms with E-state index in [1.807, 2.05) is 0 Å². The molecule has 1 fully saturated rings. The van der Waals surface area contributed by atoms with Gasteiger partial charge < -0.3 is 10.6 Å². The van der Waals surface area contributed by atoms with Gasteiger partial charge in [0.1, 0.15) is 0 Å². The van der Waals surface area contributed by atoms with E-state index in [4.69, 9.17) is 5.73 Å². The van der Waals surface area contributed by atoms with Gasteiger partial charge >= 0.3 is 6.18 Å². The van der Waals surface area contributed by atoms with E-state index in [0.29, 0.717) is 17.5 Å². The van der Waals surface area contributed by atoms with Crippen LogP contribution >= 0.6 is 0 Å². The number of nitrogens with two attached hydrogens (primary N) is 1. The van der Waals surface area contributed by atoms with E-state index in [1.54, 1.807) is 6.07 Å². The van der Waals surface area contributed by atoms with Crippen LogP contribution in [-0.2, 0) is 12.7 Å². The zero-order valence-corrected chi connectivity index (χ0v) is 11.9. The van der Waals surface area contributed by atoms with Crippen molar-refractivity contribution in [3.63, 3.8) is 0 Å². The molecule has 1 aliphatic heterocycles. The molecule has 2 N–H and O–H groups in total. The number of piperidine rings is 1. The minimum Gasteiger partial charge on any atom is -0.369 e. The molecule has 0 saturated carbocycles. The van der Waals surface area contributed by atoms with Gasteiger partial charge in [0.25, 0.3) is 0 Å². The van der Waals surface area contributed by atoms with Gasteiger partial charge in [0.05, 0.1) is 5.56 Å². The number of rotatable bonds is 2. The predicted octanol–water partition coefficient (Wildman–Crippen LogP) is 3.79. The fraction of sp³-hybridized carbons (Fsp3) is 0.600. The minimum atomic E-state index is -4.32. The summed E-state index contributed by atoms with van der Waals surface area (Å²) < 4.78 is 38.3. The molecule has 112 valence electrons. The van der Waals surface area contributed by atoms with Gasteiger partial charge in [-0.2, -0.15) is 13.2 Å². The topological polar surface area (TPSA) is 29.3 Å². The smallest absolute Gasteiger partial charge is 0.369 e. The number of hydrogen-bond donors (Lipinski definition) is 1. The Bertz CT molecular complexity index is 471. The Morgan fingerprint density at radius 2 is 2.00 bits per heavy atom. The van der Waals surface area contributed by atoms with Crippen LogP contribution in [0.2, 0.25) is 0 Å². The van der Waals surface area contributed by atoms with Crippen LogP contribution in [0.4, 0.5) is 18.9 Å². The zero-order chi connectivity index (χ0) is 14.9. The van der Waals surface area contributed by atoms with Crippen molar-refractivity contribution in [1.82, 2.24) is 0 Å². The number of benzene rings is 1. The molecule has 0 aromatic heterocycles. The lowest BCUT2D eigenvalue weighted by Crippen LogP contribution is -2.40. The van der Waals surface area contributed by atoms with Gasteiger partial charge in [-0.25, -0.2) is 0 Å². The maximum atomic E-state index is 12.8. The van der Waals surface area contributed by atoms with Gasteiger partial charge in [0, 0.05) is 24.8 Å². The average molecular weight is 286 g/mol. The summed E-state index contributed by atoms with van der Waals surface area (Å²) >= 11 is 0. The van der Waals surface area contributed by atoms with Gasteiger partial charge in [-0.15, -0.1) is 0 Å². The number of hydrogen-bond acceptors (Lipinski definition) is 2. The summed E-state index contributed by atoms with van der Waals surface area (Å²) in [6.07, 6.45) is -2.19. The first-order valence-corrected chi connectivity index (χ1v) is 6.99. The summed E-state index contributed by atoms with van der Waals surface area (Å²) in [7, 11) is 0. The van der Waals surface area contributed by atoms with Crippen LogP contribution in [0, 0.1) is 5.92 Å². The standard InChI is InChI=1S/C15H21F3N2/c1-10-5-6-20(11(2)7-10)14-4-3-13(15(16,17)18)8-12(14)9-19/h3-4,8,10-11H,5-7,9,19H2,1-2H3. The van der Waals surface area contributed by atoms with E-state index in [-0.39, 0.29) is 6.54 Å². The summed E-state index contributed by atoms with van der Waals surface area (Å²) in [5.74, 6) is 0.664. The molecule has 1 aromatic carbocycles. The third kappa shape index (κ3) is 3.08. The number of halogens is 3. The first-order chi connectivity index (χ1) is 9.32.